The molecule has 1 aromatic rings. The Hall–Kier alpha value is -0.670. The Balaban J connectivity index is 2.12. The van der Waals surface area contributed by atoms with E-state index in [4.69, 9.17) is 4.74 Å². The van der Waals surface area contributed by atoms with Crippen molar-refractivity contribution in [2.45, 2.75) is 19.3 Å². The number of aryl methyl sites for hydroxylation is 1. The second-order valence-electron chi connectivity index (χ2n) is 3.78. The molecule has 1 aromatic carbocycles. The first-order valence-electron chi connectivity index (χ1n) is 5.81. The van der Waals surface area contributed by atoms with E-state index < -0.39 is 0 Å². The lowest BCUT2D eigenvalue weighted by Gasteiger charge is -2.04. The van der Waals surface area contributed by atoms with E-state index in [1.165, 1.54) is 18.4 Å². The number of benzene rings is 1. The predicted molar refractivity (Wildman–Crippen MR) is 72.7 cm³/mol. The summed E-state index contributed by atoms with van der Waals surface area (Å²) >= 11 is 4.15. The summed E-state index contributed by atoms with van der Waals surface area (Å²) in [4.78, 5) is 0. The summed E-state index contributed by atoms with van der Waals surface area (Å²) in [5, 5.41) is 3.34. The van der Waals surface area contributed by atoms with E-state index >= 15 is 0 Å². The number of hydrogen-bond donors (Lipinski definition) is 2. The van der Waals surface area contributed by atoms with Gasteiger partial charge in [-0.1, -0.05) is 12.1 Å². The van der Waals surface area contributed by atoms with Gasteiger partial charge in [-0.2, -0.15) is 12.6 Å². The van der Waals surface area contributed by atoms with Gasteiger partial charge in [-0.25, -0.2) is 0 Å². The third-order valence-corrected chi connectivity index (χ3v) is 2.74. The van der Waals surface area contributed by atoms with Crippen LogP contribution in [0.15, 0.2) is 24.3 Å². The molecule has 0 saturated carbocycles. The van der Waals surface area contributed by atoms with Gasteiger partial charge in [0.25, 0.3) is 0 Å². The molecular weight excluding hydrogens is 218 g/mol. The molecule has 1 N–H and O–H groups in total. The van der Waals surface area contributed by atoms with Crippen molar-refractivity contribution in [3.63, 3.8) is 0 Å². The lowest BCUT2D eigenvalue weighted by molar-refractivity contribution is 0.414. The first-order valence-corrected chi connectivity index (χ1v) is 6.44. The van der Waals surface area contributed by atoms with E-state index in [2.05, 4.69) is 30.1 Å². The Morgan fingerprint density at radius 3 is 2.50 bits per heavy atom. The van der Waals surface area contributed by atoms with Gasteiger partial charge >= 0.3 is 0 Å². The molecule has 90 valence electrons. The molecule has 0 aliphatic heterocycles. The first-order chi connectivity index (χ1) is 7.86. The maximum absolute atomic E-state index is 5.12. The molecule has 0 amide bonds. The number of nitrogens with one attached hydrogen (secondary N) is 1. The highest BCUT2D eigenvalue weighted by molar-refractivity contribution is 7.80. The summed E-state index contributed by atoms with van der Waals surface area (Å²) in [7, 11) is 1.70. The minimum Gasteiger partial charge on any atom is -0.497 e. The molecule has 2 nitrogen and oxygen atoms in total. The SMILES string of the molecule is COc1ccc(CCCCNCCS)cc1. The maximum atomic E-state index is 5.12. The third-order valence-electron chi connectivity index (χ3n) is 2.52. The standard InChI is InChI=1S/C13H21NOS/c1-15-13-7-5-12(6-8-13)4-2-3-9-14-10-11-16/h5-8,14,16H,2-4,9-11H2,1H3. The van der Waals surface area contributed by atoms with Gasteiger partial charge < -0.3 is 10.1 Å². The molecule has 0 saturated heterocycles. The highest BCUT2D eigenvalue weighted by Crippen LogP contribution is 2.12. The van der Waals surface area contributed by atoms with Crippen LogP contribution < -0.4 is 10.1 Å². The van der Waals surface area contributed by atoms with Gasteiger partial charge in [-0.15, -0.1) is 0 Å². The summed E-state index contributed by atoms with van der Waals surface area (Å²) in [5.41, 5.74) is 1.38. The van der Waals surface area contributed by atoms with Crippen LogP contribution in [0.1, 0.15) is 18.4 Å². The summed E-state index contributed by atoms with van der Waals surface area (Å²) in [6.07, 6.45) is 3.60. The smallest absolute Gasteiger partial charge is 0.118 e. The van der Waals surface area contributed by atoms with Crippen LogP contribution in [0, 0.1) is 0 Å². The molecule has 0 aliphatic carbocycles. The van der Waals surface area contributed by atoms with Crippen molar-refractivity contribution in [1.29, 1.82) is 0 Å². The van der Waals surface area contributed by atoms with Crippen LogP contribution >= 0.6 is 12.6 Å². The van der Waals surface area contributed by atoms with Crippen molar-refractivity contribution in [3.8, 4) is 5.75 Å². The van der Waals surface area contributed by atoms with Crippen LogP contribution in [0.4, 0.5) is 0 Å². The number of hydrogen-bond acceptors (Lipinski definition) is 3. The first kappa shape index (κ1) is 13.4. The molecule has 16 heavy (non-hydrogen) atoms. The second kappa shape index (κ2) is 8.48. The molecule has 0 aliphatic rings. The minimum atomic E-state index is 0.915. The minimum absolute atomic E-state index is 0.915. The van der Waals surface area contributed by atoms with Crippen molar-refractivity contribution in [2.75, 3.05) is 26.0 Å². The molecule has 0 fully saturated rings. The van der Waals surface area contributed by atoms with E-state index in [0.717, 1.165) is 31.0 Å². The van der Waals surface area contributed by atoms with E-state index in [-0.39, 0.29) is 0 Å². The Bertz CT molecular complexity index is 274. The molecule has 0 atom stereocenters. The van der Waals surface area contributed by atoms with Gasteiger partial charge in [-0.05, 0) is 43.5 Å². The number of unbranched alkanes of at least 4 members (excludes halogenated alkanes) is 1. The zero-order valence-electron chi connectivity index (χ0n) is 9.91. The van der Waals surface area contributed by atoms with Crippen molar-refractivity contribution in [2.24, 2.45) is 0 Å². The fourth-order valence-electron chi connectivity index (χ4n) is 1.58. The average molecular weight is 239 g/mol. The van der Waals surface area contributed by atoms with Crippen LogP contribution in [-0.4, -0.2) is 26.0 Å². The summed E-state index contributed by atoms with van der Waals surface area (Å²) in [6.45, 7) is 2.10. The highest BCUT2D eigenvalue weighted by atomic mass is 32.1. The summed E-state index contributed by atoms with van der Waals surface area (Å²) in [6, 6.07) is 8.32. The van der Waals surface area contributed by atoms with Gasteiger partial charge in [0.05, 0.1) is 7.11 Å². The van der Waals surface area contributed by atoms with E-state index in [1.54, 1.807) is 7.11 Å². The van der Waals surface area contributed by atoms with Gasteiger partial charge in [0.1, 0.15) is 5.75 Å². The van der Waals surface area contributed by atoms with E-state index in [1.807, 2.05) is 12.1 Å². The summed E-state index contributed by atoms with van der Waals surface area (Å²) in [5.74, 6) is 1.84. The van der Waals surface area contributed by atoms with Crippen molar-refractivity contribution in [1.82, 2.24) is 5.32 Å². The fraction of sp³-hybridized carbons (Fsp3) is 0.538. The predicted octanol–water partition coefficient (Wildman–Crippen LogP) is 2.54. The van der Waals surface area contributed by atoms with E-state index in [0.29, 0.717) is 0 Å². The Morgan fingerprint density at radius 1 is 1.12 bits per heavy atom. The van der Waals surface area contributed by atoms with Crippen LogP contribution in [-0.2, 0) is 6.42 Å². The Kier molecular flexibility index (Phi) is 7.10. The molecular formula is C13H21NOS. The quantitative estimate of drug-likeness (QED) is 0.537. The summed E-state index contributed by atoms with van der Waals surface area (Å²) < 4.78 is 5.12. The van der Waals surface area contributed by atoms with E-state index in [9.17, 15) is 0 Å². The van der Waals surface area contributed by atoms with Crippen molar-refractivity contribution in [3.05, 3.63) is 29.8 Å². The number of rotatable bonds is 8. The number of methoxy groups -OCH3 is 1. The molecule has 0 unspecified atom stereocenters. The molecule has 0 radical (unpaired) electrons. The fourth-order valence-corrected chi connectivity index (χ4v) is 1.73. The topological polar surface area (TPSA) is 21.3 Å². The van der Waals surface area contributed by atoms with Gasteiger partial charge in [-0.3, -0.25) is 0 Å². The number of thiol groups is 1. The zero-order chi connectivity index (χ0) is 11.6. The van der Waals surface area contributed by atoms with Gasteiger partial charge in [0, 0.05) is 12.3 Å². The second-order valence-corrected chi connectivity index (χ2v) is 4.23. The third kappa shape index (κ3) is 5.42. The molecule has 0 bridgehead atoms. The lowest BCUT2D eigenvalue weighted by Crippen LogP contribution is -2.17. The maximum Gasteiger partial charge on any atom is 0.118 e. The average Bonchev–Trinajstić information content (AvgIpc) is 2.34. The van der Waals surface area contributed by atoms with Crippen molar-refractivity contribution >= 4 is 12.6 Å². The van der Waals surface area contributed by atoms with Gasteiger partial charge in [0.15, 0.2) is 0 Å². The van der Waals surface area contributed by atoms with Crippen LogP contribution in [0.3, 0.4) is 0 Å². The zero-order valence-corrected chi connectivity index (χ0v) is 10.8. The largest absolute Gasteiger partial charge is 0.497 e. The molecule has 3 heteroatoms. The monoisotopic (exact) mass is 239 g/mol. The van der Waals surface area contributed by atoms with Crippen LogP contribution in [0.5, 0.6) is 5.75 Å². The molecule has 1 rings (SSSR count). The Morgan fingerprint density at radius 2 is 1.88 bits per heavy atom. The Labute approximate surface area is 104 Å². The van der Waals surface area contributed by atoms with Crippen molar-refractivity contribution < 1.29 is 4.74 Å². The van der Waals surface area contributed by atoms with Crippen LogP contribution in [0.2, 0.25) is 0 Å². The molecule has 0 aromatic heterocycles. The van der Waals surface area contributed by atoms with Crippen LogP contribution in [0.25, 0.3) is 0 Å². The number of ether oxygens (including phenoxy) is 1. The molecule has 0 heterocycles. The normalized spacial score (nSPS) is 10.4. The lowest BCUT2D eigenvalue weighted by atomic mass is 10.1. The molecule has 0 spiro atoms. The van der Waals surface area contributed by atoms with Gasteiger partial charge in [0.2, 0.25) is 0 Å². The highest BCUT2D eigenvalue weighted by Gasteiger charge is 1.94.